The number of nitrogens with one attached hydrogen (secondary N) is 1. The lowest BCUT2D eigenvalue weighted by atomic mass is 10.1. The third kappa shape index (κ3) is 8.38. The Morgan fingerprint density at radius 1 is 1.42 bits per heavy atom. The summed E-state index contributed by atoms with van der Waals surface area (Å²) in [5.41, 5.74) is -0.411. The normalized spacial score (nSPS) is 10.6. The van der Waals surface area contributed by atoms with Crippen LogP contribution in [-0.4, -0.2) is 52.1 Å². The number of hydrogen-bond donors (Lipinski definition) is 2. The summed E-state index contributed by atoms with van der Waals surface area (Å²) in [5.74, 6) is 2.97. The van der Waals surface area contributed by atoms with Crippen LogP contribution >= 0.6 is 11.8 Å². The average molecular weight is 286 g/mol. The number of carbonyl (C=O) groups is 2. The monoisotopic (exact) mass is 286 g/mol. The average Bonchev–Trinajstić information content (AvgIpc) is 2.26. The van der Waals surface area contributed by atoms with Gasteiger partial charge in [-0.2, -0.15) is 0 Å². The van der Waals surface area contributed by atoms with Gasteiger partial charge in [0.15, 0.2) is 0 Å². The molecule has 0 aromatic carbocycles. The summed E-state index contributed by atoms with van der Waals surface area (Å²) >= 11 is 1.57. The van der Waals surface area contributed by atoms with Gasteiger partial charge in [-0.3, -0.25) is 4.79 Å². The third-order valence-corrected chi connectivity index (χ3v) is 3.18. The summed E-state index contributed by atoms with van der Waals surface area (Å²) in [6.07, 6.45) is 5.06. The van der Waals surface area contributed by atoms with Crippen molar-refractivity contribution in [3.63, 3.8) is 0 Å². The summed E-state index contributed by atoms with van der Waals surface area (Å²) in [6.45, 7) is 6.34. The van der Waals surface area contributed by atoms with E-state index in [1.165, 1.54) is 4.90 Å². The first-order valence-electron chi connectivity index (χ1n) is 6.07. The molecule has 0 aliphatic heterocycles. The highest BCUT2D eigenvalue weighted by atomic mass is 32.2. The van der Waals surface area contributed by atoms with Crippen LogP contribution in [0.1, 0.15) is 27.2 Å². The van der Waals surface area contributed by atoms with Gasteiger partial charge >= 0.3 is 12.0 Å². The van der Waals surface area contributed by atoms with Crippen molar-refractivity contribution in [3.05, 3.63) is 0 Å². The van der Waals surface area contributed by atoms with Crippen molar-refractivity contribution in [2.24, 2.45) is 0 Å². The molecule has 0 aliphatic rings. The number of carbonyl (C=O) groups excluding carboxylic acids is 1. The Morgan fingerprint density at radius 3 is 2.53 bits per heavy atom. The molecular formula is C13H22N2O3S. The predicted molar refractivity (Wildman–Crippen MR) is 78.3 cm³/mol. The molecule has 0 saturated heterocycles. The maximum atomic E-state index is 12.0. The maximum Gasteiger partial charge on any atom is 0.317 e. The first kappa shape index (κ1) is 17.6. The molecule has 6 heteroatoms. The van der Waals surface area contributed by atoms with Crippen molar-refractivity contribution in [1.82, 2.24) is 10.2 Å². The molecule has 0 atom stereocenters. The van der Waals surface area contributed by atoms with E-state index in [0.717, 1.165) is 5.75 Å². The fraction of sp³-hybridized carbons (Fsp3) is 0.692. The molecule has 0 aromatic rings. The van der Waals surface area contributed by atoms with Crippen molar-refractivity contribution >= 4 is 23.8 Å². The van der Waals surface area contributed by atoms with E-state index in [2.05, 4.69) is 11.2 Å². The van der Waals surface area contributed by atoms with E-state index in [1.807, 2.05) is 20.8 Å². The number of carboxylic acids is 1. The molecule has 0 rings (SSSR count). The van der Waals surface area contributed by atoms with Gasteiger partial charge in [0.05, 0.1) is 12.2 Å². The van der Waals surface area contributed by atoms with Crippen molar-refractivity contribution in [2.45, 2.75) is 32.7 Å². The molecule has 2 amide bonds. The second-order valence-electron chi connectivity index (χ2n) is 4.95. The largest absolute Gasteiger partial charge is 0.481 e. The van der Waals surface area contributed by atoms with Gasteiger partial charge in [0.1, 0.15) is 0 Å². The molecule has 0 radical (unpaired) electrons. The van der Waals surface area contributed by atoms with Crippen molar-refractivity contribution in [2.75, 3.05) is 24.6 Å². The molecule has 19 heavy (non-hydrogen) atoms. The molecule has 108 valence electrons. The van der Waals surface area contributed by atoms with E-state index in [1.54, 1.807) is 11.8 Å². The number of hydrogen-bond acceptors (Lipinski definition) is 3. The second kappa shape index (κ2) is 8.70. The Bertz CT molecular complexity index is 345. The Labute approximate surface area is 119 Å². The van der Waals surface area contributed by atoms with Crippen LogP contribution in [0.15, 0.2) is 0 Å². The standard InChI is InChI=1S/C13H22N2O3S/c1-5-9-19-10-7-14-12(18)15(13(2,3)4)8-6-11(16)17/h1H,6-10H2,2-4H3,(H,14,18)(H,16,17). The van der Waals surface area contributed by atoms with E-state index in [0.29, 0.717) is 12.3 Å². The number of carboxylic acid groups (broad SMARTS) is 1. The fourth-order valence-electron chi connectivity index (χ4n) is 1.41. The minimum absolute atomic E-state index is 0.0590. The lowest BCUT2D eigenvalue weighted by Crippen LogP contribution is -2.51. The van der Waals surface area contributed by atoms with Gasteiger partial charge in [-0.15, -0.1) is 18.2 Å². The van der Waals surface area contributed by atoms with E-state index in [9.17, 15) is 9.59 Å². The minimum Gasteiger partial charge on any atom is -0.481 e. The summed E-state index contributed by atoms with van der Waals surface area (Å²) in [4.78, 5) is 24.1. The number of thioether (sulfide) groups is 1. The highest BCUT2D eigenvalue weighted by Crippen LogP contribution is 2.13. The first-order valence-corrected chi connectivity index (χ1v) is 7.23. The van der Waals surface area contributed by atoms with Gasteiger partial charge in [-0.05, 0) is 20.8 Å². The van der Waals surface area contributed by atoms with E-state index in [-0.39, 0.29) is 19.0 Å². The van der Waals surface area contributed by atoms with Crippen molar-refractivity contribution in [3.8, 4) is 12.3 Å². The Hall–Kier alpha value is -1.35. The first-order chi connectivity index (χ1) is 8.79. The van der Waals surface area contributed by atoms with Crippen LogP contribution in [0.3, 0.4) is 0 Å². The number of aliphatic carboxylic acids is 1. The molecule has 0 fully saturated rings. The van der Waals surface area contributed by atoms with Crippen LogP contribution in [0.25, 0.3) is 0 Å². The van der Waals surface area contributed by atoms with Gasteiger partial charge in [0, 0.05) is 24.4 Å². The molecule has 0 bridgehead atoms. The summed E-state index contributed by atoms with van der Waals surface area (Å²) in [6, 6.07) is -0.241. The molecule has 0 unspecified atom stereocenters. The van der Waals surface area contributed by atoms with Gasteiger partial charge in [0.2, 0.25) is 0 Å². The number of rotatable bonds is 7. The van der Waals surface area contributed by atoms with Crippen molar-refractivity contribution in [1.29, 1.82) is 0 Å². The second-order valence-corrected chi connectivity index (χ2v) is 6.06. The van der Waals surface area contributed by atoms with Crippen LogP contribution in [0.5, 0.6) is 0 Å². The van der Waals surface area contributed by atoms with Gasteiger partial charge in [-0.1, -0.05) is 5.92 Å². The molecule has 0 saturated carbocycles. The Kier molecular flexibility index (Phi) is 8.08. The van der Waals surface area contributed by atoms with Gasteiger partial charge in [-0.25, -0.2) is 4.79 Å². The molecule has 0 heterocycles. The fourth-order valence-corrected chi connectivity index (χ4v) is 1.91. The highest BCUT2D eigenvalue weighted by molar-refractivity contribution is 7.99. The zero-order valence-corrected chi connectivity index (χ0v) is 12.5. The van der Waals surface area contributed by atoms with Crippen LogP contribution < -0.4 is 5.32 Å². The zero-order chi connectivity index (χ0) is 14.9. The Morgan fingerprint density at radius 2 is 2.05 bits per heavy atom. The Balaban J connectivity index is 4.24. The predicted octanol–water partition coefficient (Wildman–Crippen LogP) is 1.64. The maximum absolute atomic E-state index is 12.0. The smallest absolute Gasteiger partial charge is 0.317 e. The topological polar surface area (TPSA) is 69.6 Å². The van der Waals surface area contributed by atoms with Crippen LogP contribution in [0, 0.1) is 12.3 Å². The molecule has 5 nitrogen and oxygen atoms in total. The molecule has 0 spiro atoms. The van der Waals surface area contributed by atoms with E-state index < -0.39 is 11.5 Å². The van der Waals surface area contributed by atoms with Gasteiger partial charge in [0.25, 0.3) is 0 Å². The van der Waals surface area contributed by atoms with E-state index >= 15 is 0 Å². The van der Waals surface area contributed by atoms with Crippen LogP contribution in [-0.2, 0) is 4.79 Å². The highest BCUT2D eigenvalue weighted by Gasteiger charge is 2.26. The summed E-state index contributed by atoms with van der Waals surface area (Å²) < 4.78 is 0. The molecule has 0 aromatic heterocycles. The van der Waals surface area contributed by atoms with Gasteiger partial charge < -0.3 is 15.3 Å². The number of amides is 2. The molecule has 0 aliphatic carbocycles. The van der Waals surface area contributed by atoms with Crippen molar-refractivity contribution < 1.29 is 14.7 Å². The minimum atomic E-state index is -0.911. The van der Waals surface area contributed by atoms with E-state index in [4.69, 9.17) is 11.5 Å². The number of nitrogens with zero attached hydrogens (tertiary/aromatic N) is 1. The summed E-state index contributed by atoms with van der Waals surface area (Å²) in [5, 5.41) is 11.5. The van der Waals surface area contributed by atoms with Crippen LogP contribution in [0.2, 0.25) is 0 Å². The lowest BCUT2D eigenvalue weighted by molar-refractivity contribution is -0.137. The summed E-state index contributed by atoms with van der Waals surface area (Å²) in [7, 11) is 0. The van der Waals surface area contributed by atoms with Crippen LogP contribution in [0.4, 0.5) is 4.79 Å². The number of terminal acetylenes is 1. The zero-order valence-electron chi connectivity index (χ0n) is 11.7. The molecular weight excluding hydrogens is 264 g/mol. The number of urea groups is 1. The molecule has 2 N–H and O–H groups in total. The quantitative estimate of drug-likeness (QED) is 0.551. The lowest BCUT2D eigenvalue weighted by Gasteiger charge is -2.35. The SMILES string of the molecule is C#CCSCCNC(=O)N(CCC(=O)O)C(C)(C)C. The third-order valence-electron chi connectivity index (χ3n) is 2.31.